The van der Waals surface area contributed by atoms with Crippen molar-refractivity contribution in [1.29, 1.82) is 0 Å². The Morgan fingerprint density at radius 1 is 1.06 bits per heavy atom. The average Bonchev–Trinajstić information content (AvgIpc) is 3.11. The number of Topliss-reactive ketones (excluding diaryl/α,β-unsaturated/α-hetero) is 1. The van der Waals surface area contributed by atoms with E-state index < -0.39 is 17.7 Å². The fourth-order valence-corrected chi connectivity index (χ4v) is 4.47. The molecule has 1 atom stereocenters. The van der Waals surface area contributed by atoms with Gasteiger partial charge in [-0.25, -0.2) is 0 Å². The summed E-state index contributed by atoms with van der Waals surface area (Å²) in [5.41, 5.74) is 1.09. The van der Waals surface area contributed by atoms with Crippen LogP contribution >= 0.6 is 11.6 Å². The van der Waals surface area contributed by atoms with Gasteiger partial charge >= 0.3 is 0 Å². The summed E-state index contributed by atoms with van der Waals surface area (Å²) in [5, 5.41) is 11.5. The summed E-state index contributed by atoms with van der Waals surface area (Å²) in [4.78, 5) is 30.0. The van der Waals surface area contributed by atoms with Crippen LogP contribution in [0, 0.1) is 0 Å². The van der Waals surface area contributed by atoms with Crippen molar-refractivity contribution in [2.75, 3.05) is 40.4 Å². The van der Waals surface area contributed by atoms with E-state index in [1.165, 1.54) is 13.2 Å². The van der Waals surface area contributed by atoms with Crippen LogP contribution in [0.4, 0.5) is 0 Å². The highest BCUT2D eigenvalue weighted by molar-refractivity contribution is 6.46. The highest BCUT2D eigenvalue weighted by Gasteiger charge is 2.45. The number of hydrogen-bond acceptors (Lipinski definition) is 6. The fraction of sp³-hybridized carbons (Fsp3) is 0.385. The molecule has 1 aliphatic rings. The van der Waals surface area contributed by atoms with Crippen molar-refractivity contribution in [1.82, 2.24) is 9.80 Å². The highest BCUT2D eigenvalue weighted by atomic mass is 35.5. The Balaban J connectivity index is 2.05. The maximum absolute atomic E-state index is 13.2. The standard InChI is InChI=1S/C26H31ClN2O5/c1-5-28(6-2)14-7-15-29-23(17-8-11-19(33-3)12-9-17)22(25(31)26(29)32)24(30)18-10-13-21(34-4)20(27)16-18/h8-13,16,23,30H,5-7,14-15H2,1-4H3/b24-22-. The molecule has 1 saturated heterocycles. The molecule has 0 aliphatic carbocycles. The van der Waals surface area contributed by atoms with E-state index in [2.05, 4.69) is 18.7 Å². The maximum Gasteiger partial charge on any atom is 0.295 e. The van der Waals surface area contributed by atoms with Crippen molar-refractivity contribution in [2.45, 2.75) is 26.3 Å². The first-order valence-corrected chi connectivity index (χ1v) is 11.7. The first kappa shape index (κ1) is 25.6. The van der Waals surface area contributed by atoms with Crippen molar-refractivity contribution in [3.05, 3.63) is 64.2 Å². The number of carbonyl (C=O) groups is 2. The van der Waals surface area contributed by atoms with Crippen LogP contribution in [0.3, 0.4) is 0 Å². The predicted octanol–water partition coefficient (Wildman–Crippen LogP) is 4.51. The Hall–Kier alpha value is -3.03. The van der Waals surface area contributed by atoms with Crippen molar-refractivity contribution < 1.29 is 24.2 Å². The molecule has 0 bridgehead atoms. The largest absolute Gasteiger partial charge is 0.507 e. The van der Waals surface area contributed by atoms with E-state index >= 15 is 0 Å². The van der Waals surface area contributed by atoms with Crippen LogP contribution in [-0.2, 0) is 9.59 Å². The number of methoxy groups -OCH3 is 2. The topological polar surface area (TPSA) is 79.3 Å². The van der Waals surface area contributed by atoms with Gasteiger partial charge in [-0.15, -0.1) is 0 Å². The number of halogens is 1. The third kappa shape index (κ3) is 5.21. The van der Waals surface area contributed by atoms with Gasteiger partial charge in [0.1, 0.15) is 17.3 Å². The Bertz CT molecular complexity index is 1060. The molecule has 2 aromatic carbocycles. The van der Waals surface area contributed by atoms with Gasteiger partial charge in [0.05, 0.1) is 30.9 Å². The number of nitrogens with zero attached hydrogens (tertiary/aromatic N) is 2. The smallest absolute Gasteiger partial charge is 0.295 e. The molecule has 2 aromatic rings. The predicted molar refractivity (Wildman–Crippen MR) is 132 cm³/mol. The summed E-state index contributed by atoms with van der Waals surface area (Å²) in [6.07, 6.45) is 0.704. The van der Waals surface area contributed by atoms with Crippen molar-refractivity contribution in [2.24, 2.45) is 0 Å². The number of ketones is 1. The molecular formula is C26H31ClN2O5. The Morgan fingerprint density at radius 3 is 2.29 bits per heavy atom. The molecule has 34 heavy (non-hydrogen) atoms. The van der Waals surface area contributed by atoms with Gasteiger partial charge in [-0.2, -0.15) is 0 Å². The van der Waals surface area contributed by atoms with Crippen molar-refractivity contribution in [3.8, 4) is 11.5 Å². The molecule has 0 radical (unpaired) electrons. The molecule has 1 N–H and O–H groups in total. The number of benzene rings is 2. The van der Waals surface area contributed by atoms with Gasteiger partial charge in [0, 0.05) is 12.1 Å². The van der Waals surface area contributed by atoms with E-state index in [9.17, 15) is 14.7 Å². The fourth-order valence-electron chi connectivity index (χ4n) is 4.22. The van der Waals surface area contributed by atoms with Gasteiger partial charge in [-0.05, 0) is 62.0 Å². The number of hydrogen-bond donors (Lipinski definition) is 1. The second-order valence-electron chi connectivity index (χ2n) is 8.00. The lowest BCUT2D eigenvalue weighted by atomic mass is 9.95. The van der Waals surface area contributed by atoms with Crippen LogP contribution in [0.15, 0.2) is 48.0 Å². The first-order valence-electron chi connectivity index (χ1n) is 11.3. The van der Waals surface area contributed by atoms with E-state index in [1.54, 1.807) is 48.4 Å². The van der Waals surface area contributed by atoms with Gasteiger partial charge in [0.2, 0.25) is 0 Å². The lowest BCUT2D eigenvalue weighted by Crippen LogP contribution is -2.33. The van der Waals surface area contributed by atoms with Crippen LogP contribution in [0.25, 0.3) is 5.76 Å². The number of amides is 1. The molecule has 1 aliphatic heterocycles. The van der Waals surface area contributed by atoms with Gasteiger partial charge in [-0.3, -0.25) is 9.59 Å². The number of aliphatic hydroxyl groups is 1. The monoisotopic (exact) mass is 486 g/mol. The summed E-state index contributed by atoms with van der Waals surface area (Å²) in [6.45, 7) is 7.20. The van der Waals surface area contributed by atoms with Gasteiger partial charge < -0.3 is 24.4 Å². The molecule has 0 saturated carbocycles. The number of ether oxygens (including phenoxy) is 2. The minimum Gasteiger partial charge on any atom is -0.507 e. The number of carbonyl (C=O) groups excluding carboxylic acids is 2. The number of likely N-dealkylation sites (tertiary alicyclic amines) is 1. The molecule has 1 heterocycles. The molecule has 182 valence electrons. The van der Waals surface area contributed by atoms with E-state index in [0.29, 0.717) is 40.6 Å². The molecule has 3 rings (SSSR count). The van der Waals surface area contributed by atoms with E-state index in [1.807, 2.05) is 0 Å². The first-order chi connectivity index (χ1) is 16.4. The second kappa shape index (κ2) is 11.4. The maximum atomic E-state index is 13.2. The number of rotatable bonds is 10. The van der Waals surface area contributed by atoms with Gasteiger partial charge in [-0.1, -0.05) is 37.6 Å². The van der Waals surface area contributed by atoms with Crippen LogP contribution < -0.4 is 9.47 Å². The Morgan fingerprint density at radius 2 is 1.74 bits per heavy atom. The van der Waals surface area contributed by atoms with E-state index in [4.69, 9.17) is 21.1 Å². The summed E-state index contributed by atoms with van der Waals surface area (Å²) in [6, 6.07) is 11.2. The molecule has 7 nitrogen and oxygen atoms in total. The molecular weight excluding hydrogens is 456 g/mol. The van der Waals surface area contributed by atoms with Crippen LogP contribution in [-0.4, -0.2) is 67.0 Å². The Labute approximate surface area is 205 Å². The molecule has 1 amide bonds. The molecule has 8 heteroatoms. The molecule has 1 fully saturated rings. The average molecular weight is 487 g/mol. The SMILES string of the molecule is CCN(CC)CCCN1C(=O)C(=O)/C(=C(\O)c2ccc(OC)c(Cl)c2)C1c1ccc(OC)cc1. The van der Waals surface area contributed by atoms with E-state index in [0.717, 1.165) is 19.6 Å². The zero-order valence-corrected chi connectivity index (χ0v) is 20.8. The van der Waals surface area contributed by atoms with E-state index in [-0.39, 0.29) is 11.3 Å². The summed E-state index contributed by atoms with van der Waals surface area (Å²) in [5.74, 6) is -0.504. The lowest BCUT2D eigenvalue weighted by molar-refractivity contribution is -0.140. The Kier molecular flexibility index (Phi) is 8.58. The third-order valence-electron chi connectivity index (χ3n) is 6.16. The highest BCUT2D eigenvalue weighted by Crippen LogP contribution is 2.40. The summed E-state index contributed by atoms with van der Waals surface area (Å²) < 4.78 is 10.4. The number of aliphatic hydroxyl groups excluding tert-OH is 1. The third-order valence-corrected chi connectivity index (χ3v) is 6.46. The second-order valence-corrected chi connectivity index (χ2v) is 8.40. The van der Waals surface area contributed by atoms with Gasteiger partial charge in [0.25, 0.3) is 11.7 Å². The zero-order valence-electron chi connectivity index (χ0n) is 20.0. The van der Waals surface area contributed by atoms with Crippen LogP contribution in [0.1, 0.15) is 37.4 Å². The molecule has 0 spiro atoms. The lowest BCUT2D eigenvalue weighted by Gasteiger charge is -2.27. The van der Waals surface area contributed by atoms with Crippen molar-refractivity contribution >= 4 is 29.1 Å². The molecule has 1 unspecified atom stereocenters. The quantitative estimate of drug-likeness (QED) is 0.302. The summed E-state index contributed by atoms with van der Waals surface area (Å²) in [7, 11) is 3.07. The van der Waals surface area contributed by atoms with Crippen molar-refractivity contribution in [3.63, 3.8) is 0 Å². The van der Waals surface area contributed by atoms with Crippen LogP contribution in [0.2, 0.25) is 5.02 Å². The minimum atomic E-state index is -0.719. The minimum absolute atomic E-state index is 0.0410. The summed E-state index contributed by atoms with van der Waals surface area (Å²) >= 11 is 6.25. The normalized spacial score (nSPS) is 17.5. The zero-order chi connectivity index (χ0) is 24.8. The van der Waals surface area contributed by atoms with Gasteiger partial charge in [0.15, 0.2) is 0 Å². The van der Waals surface area contributed by atoms with Crippen LogP contribution in [0.5, 0.6) is 11.5 Å². The molecule has 0 aromatic heterocycles.